The normalized spacial score (nSPS) is 13.2. The van der Waals surface area contributed by atoms with Crippen LogP contribution in [0, 0.1) is 0 Å². The Morgan fingerprint density at radius 1 is 1.17 bits per heavy atom. The van der Waals surface area contributed by atoms with Gasteiger partial charge in [-0.3, -0.25) is 0 Å². The van der Waals surface area contributed by atoms with Crippen LogP contribution in [0.5, 0.6) is 5.75 Å². The number of aromatic nitrogens is 3. The van der Waals surface area contributed by atoms with Crippen LogP contribution in [0.3, 0.4) is 0 Å². The third-order valence-corrected chi connectivity index (χ3v) is 3.42. The zero-order valence-electron chi connectivity index (χ0n) is 12.4. The fourth-order valence-electron chi connectivity index (χ4n) is 2.25. The summed E-state index contributed by atoms with van der Waals surface area (Å²) in [7, 11) is 0. The maximum Gasteiger partial charge on any atom is 0.573 e. The largest absolute Gasteiger partial charge is 0.573 e. The number of alkyl halides is 3. The van der Waals surface area contributed by atoms with Gasteiger partial charge < -0.3 is 16.2 Å². The summed E-state index contributed by atoms with van der Waals surface area (Å²) in [5.41, 5.74) is 13.9. The summed E-state index contributed by atoms with van der Waals surface area (Å²) in [5, 5.41) is 4.17. The number of rotatable bonds is 4. The van der Waals surface area contributed by atoms with Gasteiger partial charge >= 0.3 is 6.36 Å². The molecule has 0 fully saturated rings. The highest BCUT2D eigenvalue weighted by Gasteiger charge is 2.31. The van der Waals surface area contributed by atoms with Crippen LogP contribution in [0.25, 0.3) is 16.8 Å². The molecule has 1 atom stereocenters. The van der Waals surface area contributed by atoms with E-state index >= 15 is 0 Å². The van der Waals surface area contributed by atoms with Gasteiger partial charge in [0, 0.05) is 18.3 Å². The molecule has 3 rings (SSSR count). The van der Waals surface area contributed by atoms with Crippen LogP contribution in [-0.2, 0) is 0 Å². The molecular weight excluding hydrogens is 323 g/mol. The summed E-state index contributed by atoms with van der Waals surface area (Å²) in [6.45, 7) is 0.246. The summed E-state index contributed by atoms with van der Waals surface area (Å²) in [5.74, 6) is -0.290. The van der Waals surface area contributed by atoms with Gasteiger partial charge in [-0.15, -0.1) is 13.2 Å². The van der Waals surface area contributed by atoms with E-state index in [0.717, 1.165) is 0 Å². The number of ether oxygens (including phenoxy) is 1. The van der Waals surface area contributed by atoms with Gasteiger partial charge in [-0.1, -0.05) is 12.1 Å². The molecule has 0 spiro atoms. The second kappa shape index (κ2) is 6.10. The van der Waals surface area contributed by atoms with E-state index in [-0.39, 0.29) is 12.3 Å². The van der Waals surface area contributed by atoms with Gasteiger partial charge in [0.25, 0.3) is 0 Å². The SMILES string of the molecule is NCC(N)c1ccn2ncc(-c3ccc(OC(F)(F)F)cc3)c2n1. The van der Waals surface area contributed by atoms with E-state index in [1.807, 2.05) is 0 Å². The van der Waals surface area contributed by atoms with Crippen molar-refractivity contribution in [3.63, 3.8) is 0 Å². The van der Waals surface area contributed by atoms with E-state index in [0.29, 0.717) is 22.5 Å². The van der Waals surface area contributed by atoms with Crippen molar-refractivity contribution >= 4 is 5.65 Å². The smallest absolute Gasteiger partial charge is 0.406 e. The molecule has 1 aromatic carbocycles. The van der Waals surface area contributed by atoms with Crippen molar-refractivity contribution in [1.82, 2.24) is 14.6 Å². The molecule has 0 aliphatic heterocycles. The van der Waals surface area contributed by atoms with Crippen molar-refractivity contribution in [3.05, 3.63) is 48.4 Å². The fraction of sp³-hybridized carbons (Fsp3) is 0.200. The standard InChI is InChI=1S/C15H14F3N5O/c16-15(17,18)24-10-3-1-9(2-4-10)11-8-21-23-6-5-13(12(20)7-19)22-14(11)23/h1-6,8,12H,7,19-20H2. The predicted molar refractivity (Wildman–Crippen MR) is 81.1 cm³/mol. The van der Waals surface area contributed by atoms with Crippen LogP contribution < -0.4 is 16.2 Å². The third-order valence-electron chi connectivity index (χ3n) is 3.42. The molecule has 0 saturated heterocycles. The lowest BCUT2D eigenvalue weighted by atomic mass is 10.1. The Labute approximate surface area is 134 Å². The molecule has 0 saturated carbocycles. The van der Waals surface area contributed by atoms with Gasteiger partial charge in [-0.2, -0.15) is 5.10 Å². The molecule has 0 amide bonds. The van der Waals surface area contributed by atoms with Crippen molar-refractivity contribution in [3.8, 4) is 16.9 Å². The molecule has 2 aromatic heterocycles. The number of halogens is 3. The lowest BCUT2D eigenvalue weighted by Gasteiger charge is -2.10. The molecule has 0 aliphatic rings. The maximum atomic E-state index is 12.2. The number of nitrogens with zero attached hydrogens (tertiary/aromatic N) is 3. The van der Waals surface area contributed by atoms with E-state index in [1.54, 1.807) is 23.0 Å². The van der Waals surface area contributed by atoms with Crippen molar-refractivity contribution in [2.75, 3.05) is 6.54 Å². The van der Waals surface area contributed by atoms with Crippen LogP contribution in [0.1, 0.15) is 11.7 Å². The second-order valence-electron chi connectivity index (χ2n) is 5.09. The Balaban J connectivity index is 1.97. The van der Waals surface area contributed by atoms with Crippen molar-refractivity contribution < 1.29 is 17.9 Å². The van der Waals surface area contributed by atoms with Crippen LogP contribution >= 0.6 is 0 Å². The van der Waals surface area contributed by atoms with Gasteiger partial charge in [0.2, 0.25) is 0 Å². The van der Waals surface area contributed by atoms with Gasteiger partial charge in [0.05, 0.1) is 17.9 Å². The van der Waals surface area contributed by atoms with E-state index in [1.165, 1.54) is 24.3 Å². The Kier molecular flexibility index (Phi) is 4.12. The van der Waals surface area contributed by atoms with Gasteiger partial charge in [-0.05, 0) is 23.8 Å². The van der Waals surface area contributed by atoms with Crippen molar-refractivity contribution in [2.45, 2.75) is 12.4 Å². The quantitative estimate of drug-likeness (QED) is 0.762. The second-order valence-corrected chi connectivity index (χ2v) is 5.09. The highest BCUT2D eigenvalue weighted by atomic mass is 19.4. The Hall–Kier alpha value is -2.65. The summed E-state index contributed by atoms with van der Waals surface area (Å²) in [4.78, 5) is 4.45. The minimum absolute atomic E-state index is 0.246. The first kappa shape index (κ1) is 16.2. The molecule has 0 aliphatic carbocycles. The Morgan fingerprint density at radius 2 is 1.88 bits per heavy atom. The summed E-state index contributed by atoms with van der Waals surface area (Å²) in [6.07, 6.45) is -1.43. The van der Waals surface area contributed by atoms with Crippen LogP contribution in [-0.4, -0.2) is 27.5 Å². The average Bonchev–Trinajstić information content (AvgIpc) is 2.96. The highest BCUT2D eigenvalue weighted by molar-refractivity contribution is 5.77. The summed E-state index contributed by atoms with van der Waals surface area (Å²) >= 11 is 0. The number of hydrogen-bond donors (Lipinski definition) is 2. The van der Waals surface area contributed by atoms with Gasteiger partial charge in [0.1, 0.15) is 5.75 Å². The molecule has 126 valence electrons. The first-order valence-corrected chi connectivity index (χ1v) is 7.03. The first-order chi connectivity index (χ1) is 11.4. The number of hydrogen-bond acceptors (Lipinski definition) is 5. The van der Waals surface area contributed by atoms with Gasteiger partial charge in [-0.25, -0.2) is 9.50 Å². The molecule has 6 nitrogen and oxygen atoms in total. The topological polar surface area (TPSA) is 91.5 Å². The zero-order valence-corrected chi connectivity index (χ0v) is 12.4. The third kappa shape index (κ3) is 3.31. The lowest BCUT2D eigenvalue weighted by Crippen LogP contribution is -2.22. The van der Waals surface area contributed by atoms with Crippen molar-refractivity contribution in [1.29, 1.82) is 0 Å². The molecule has 3 aromatic rings. The minimum Gasteiger partial charge on any atom is -0.406 e. The van der Waals surface area contributed by atoms with Gasteiger partial charge in [0.15, 0.2) is 5.65 Å². The molecule has 1 unspecified atom stereocenters. The Morgan fingerprint density at radius 3 is 2.50 bits per heavy atom. The molecule has 4 N–H and O–H groups in total. The number of nitrogens with two attached hydrogens (primary N) is 2. The predicted octanol–water partition coefficient (Wildman–Crippen LogP) is 2.25. The van der Waals surface area contributed by atoms with Crippen LogP contribution in [0.4, 0.5) is 13.2 Å². The molecule has 9 heteroatoms. The average molecular weight is 337 g/mol. The molecule has 0 bridgehead atoms. The van der Waals surface area contributed by atoms with E-state index in [2.05, 4.69) is 14.8 Å². The van der Waals surface area contributed by atoms with E-state index in [4.69, 9.17) is 11.5 Å². The van der Waals surface area contributed by atoms with E-state index in [9.17, 15) is 13.2 Å². The summed E-state index contributed by atoms with van der Waals surface area (Å²) < 4.78 is 42.0. The molecule has 2 heterocycles. The van der Waals surface area contributed by atoms with Crippen LogP contribution in [0.2, 0.25) is 0 Å². The lowest BCUT2D eigenvalue weighted by molar-refractivity contribution is -0.274. The molecular formula is C15H14F3N5O. The van der Waals surface area contributed by atoms with E-state index < -0.39 is 12.4 Å². The number of benzene rings is 1. The first-order valence-electron chi connectivity index (χ1n) is 7.03. The molecule has 0 radical (unpaired) electrons. The van der Waals surface area contributed by atoms with Crippen LogP contribution in [0.15, 0.2) is 42.7 Å². The highest BCUT2D eigenvalue weighted by Crippen LogP contribution is 2.28. The molecule has 24 heavy (non-hydrogen) atoms. The Bertz CT molecular complexity index is 844. The van der Waals surface area contributed by atoms with Crippen molar-refractivity contribution in [2.24, 2.45) is 11.5 Å². The monoisotopic (exact) mass is 337 g/mol. The maximum absolute atomic E-state index is 12.2. The fourth-order valence-corrected chi connectivity index (χ4v) is 2.25. The number of fused-ring (bicyclic) bond motifs is 1. The zero-order chi connectivity index (χ0) is 17.3. The minimum atomic E-state index is -4.72. The summed E-state index contributed by atoms with van der Waals surface area (Å²) in [6, 6.07) is 6.82.